The molecule has 0 spiro atoms. The Morgan fingerprint density at radius 1 is 1.75 bits per heavy atom. The lowest BCUT2D eigenvalue weighted by molar-refractivity contribution is 0.666. The van der Waals surface area contributed by atoms with Gasteiger partial charge in [-0.2, -0.15) is 0 Å². The molecular formula is C5H11ClN2. The van der Waals surface area contributed by atoms with Crippen molar-refractivity contribution in [1.82, 2.24) is 0 Å². The fourth-order valence-electron chi connectivity index (χ4n) is 0.270. The van der Waals surface area contributed by atoms with Crippen LogP contribution in [0.2, 0.25) is 0 Å². The number of halogens is 1. The van der Waals surface area contributed by atoms with E-state index in [1.807, 2.05) is 0 Å². The predicted octanol–water partition coefficient (Wildman–Crippen LogP) is 1.20. The van der Waals surface area contributed by atoms with Gasteiger partial charge in [0.25, 0.3) is 0 Å². The van der Waals surface area contributed by atoms with Crippen molar-refractivity contribution in [3.63, 3.8) is 0 Å². The lowest BCUT2D eigenvalue weighted by atomic mass is 10.2. The molecule has 0 unspecified atom stereocenters. The molecule has 8 heavy (non-hydrogen) atoms. The second-order valence-electron chi connectivity index (χ2n) is 2.06. The van der Waals surface area contributed by atoms with Crippen LogP contribution in [0.3, 0.4) is 0 Å². The van der Waals surface area contributed by atoms with Gasteiger partial charge < -0.3 is 5.73 Å². The van der Waals surface area contributed by atoms with Crippen LogP contribution in [0, 0.1) is 5.92 Å². The summed E-state index contributed by atoms with van der Waals surface area (Å²) in [6, 6.07) is 0. The van der Waals surface area contributed by atoms with E-state index in [9.17, 15) is 0 Å². The Labute approximate surface area is 54.7 Å². The van der Waals surface area contributed by atoms with Crippen LogP contribution in [-0.4, -0.2) is 11.8 Å². The first kappa shape index (κ1) is 7.76. The molecule has 0 heterocycles. The Balaban J connectivity index is 3.29. The van der Waals surface area contributed by atoms with E-state index in [-0.39, 0.29) is 5.29 Å². The normalized spacial score (nSPS) is 12.8. The molecule has 0 bridgehead atoms. The summed E-state index contributed by atoms with van der Waals surface area (Å²) in [4.78, 5) is 3.78. The number of nitrogens with zero attached hydrogens (tertiary/aromatic N) is 1. The molecule has 0 saturated heterocycles. The Morgan fingerprint density at radius 3 is 2.38 bits per heavy atom. The van der Waals surface area contributed by atoms with Crippen molar-refractivity contribution in [3.8, 4) is 0 Å². The zero-order valence-electron chi connectivity index (χ0n) is 5.19. The molecule has 3 heteroatoms. The van der Waals surface area contributed by atoms with Gasteiger partial charge in [0.05, 0.1) is 0 Å². The average molecular weight is 135 g/mol. The topological polar surface area (TPSA) is 38.4 Å². The van der Waals surface area contributed by atoms with Crippen molar-refractivity contribution in [2.24, 2.45) is 16.6 Å². The van der Waals surface area contributed by atoms with E-state index in [0.717, 1.165) is 6.54 Å². The van der Waals surface area contributed by atoms with Gasteiger partial charge in [-0.1, -0.05) is 13.8 Å². The van der Waals surface area contributed by atoms with Gasteiger partial charge in [0.15, 0.2) is 5.29 Å². The highest BCUT2D eigenvalue weighted by Crippen LogP contribution is 1.91. The van der Waals surface area contributed by atoms with Gasteiger partial charge in [-0.3, -0.25) is 4.99 Å². The van der Waals surface area contributed by atoms with Gasteiger partial charge in [-0.25, -0.2) is 0 Å². The number of nitrogens with two attached hydrogens (primary N) is 1. The zero-order valence-corrected chi connectivity index (χ0v) is 5.94. The summed E-state index contributed by atoms with van der Waals surface area (Å²) in [5.74, 6) is 0.535. The standard InChI is InChI=1S/C5H11ClN2/c1-4(2)3-8-5(6)7/h4H,3H2,1-2H3,(H2,7,8). The Morgan fingerprint density at radius 2 is 2.25 bits per heavy atom. The third kappa shape index (κ3) is 5.76. The number of aliphatic imine (C=N–C) groups is 1. The predicted molar refractivity (Wildman–Crippen MR) is 37.2 cm³/mol. The number of hydrogen-bond donors (Lipinski definition) is 1. The molecule has 0 aromatic rings. The summed E-state index contributed by atoms with van der Waals surface area (Å²) in [6.07, 6.45) is 0. The smallest absolute Gasteiger partial charge is 0.188 e. The third-order valence-corrected chi connectivity index (χ3v) is 0.727. The number of rotatable bonds is 2. The van der Waals surface area contributed by atoms with Gasteiger partial charge in [0, 0.05) is 6.54 Å². The maximum atomic E-state index is 5.25. The molecule has 0 aromatic carbocycles. The lowest BCUT2D eigenvalue weighted by Crippen LogP contribution is -2.04. The lowest BCUT2D eigenvalue weighted by Gasteiger charge is -1.95. The van der Waals surface area contributed by atoms with E-state index in [4.69, 9.17) is 17.3 Å². The summed E-state index contributed by atoms with van der Waals surface area (Å²) >= 11 is 5.25. The van der Waals surface area contributed by atoms with Crippen LogP contribution in [0.5, 0.6) is 0 Å². The fraction of sp³-hybridized carbons (Fsp3) is 0.800. The van der Waals surface area contributed by atoms with Gasteiger partial charge >= 0.3 is 0 Å². The van der Waals surface area contributed by atoms with Crippen LogP contribution in [0.4, 0.5) is 0 Å². The first-order valence-electron chi connectivity index (χ1n) is 2.58. The summed E-state index contributed by atoms with van der Waals surface area (Å²) in [7, 11) is 0. The molecule has 2 N–H and O–H groups in total. The Bertz CT molecular complexity index is 84.4. The zero-order chi connectivity index (χ0) is 6.57. The van der Waals surface area contributed by atoms with E-state index in [0.29, 0.717) is 5.92 Å². The highest BCUT2D eigenvalue weighted by molar-refractivity contribution is 6.64. The summed E-state index contributed by atoms with van der Waals surface area (Å²) < 4.78 is 0. The Kier molecular flexibility index (Phi) is 3.61. The van der Waals surface area contributed by atoms with Crippen molar-refractivity contribution in [2.45, 2.75) is 13.8 Å². The maximum absolute atomic E-state index is 5.25. The minimum atomic E-state index is 0.152. The molecule has 0 aliphatic rings. The van der Waals surface area contributed by atoms with E-state index >= 15 is 0 Å². The molecule has 0 rings (SSSR count). The number of amidine groups is 1. The minimum Gasteiger partial charge on any atom is -0.374 e. The summed E-state index contributed by atoms with van der Waals surface area (Å²) in [5, 5.41) is 0.152. The molecule has 2 nitrogen and oxygen atoms in total. The van der Waals surface area contributed by atoms with Crippen molar-refractivity contribution in [3.05, 3.63) is 0 Å². The van der Waals surface area contributed by atoms with Gasteiger partial charge in [0.2, 0.25) is 0 Å². The van der Waals surface area contributed by atoms with Gasteiger partial charge in [-0.05, 0) is 17.5 Å². The van der Waals surface area contributed by atoms with Crippen molar-refractivity contribution < 1.29 is 0 Å². The summed E-state index contributed by atoms with van der Waals surface area (Å²) in [6.45, 7) is 4.84. The van der Waals surface area contributed by atoms with Crippen LogP contribution in [0.1, 0.15) is 13.8 Å². The van der Waals surface area contributed by atoms with Crippen LogP contribution < -0.4 is 5.73 Å². The summed E-state index contributed by atoms with van der Waals surface area (Å²) in [5.41, 5.74) is 5.06. The van der Waals surface area contributed by atoms with E-state index in [1.54, 1.807) is 0 Å². The van der Waals surface area contributed by atoms with Crippen LogP contribution in [0.25, 0.3) is 0 Å². The molecule has 0 fully saturated rings. The third-order valence-electron chi connectivity index (χ3n) is 0.607. The monoisotopic (exact) mass is 134 g/mol. The first-order chi connectivity index (χ1) is 3.63. The van der Waals surface area contributed by atoms with Gasteiger partial charge in [0.1, 0.15) is 0 Å². The van der Waals surface area contributed by atoms with Gasteiger partial charge in [-0.15, -0.1) is 0 Å². The minimum absolute atomic E-state index is 0.152. The van der Waals surface area contributed by atoms with Crippen molar-refractivity contribution in [2.75, 3.05) is 6.54 Å². The molecule has 0 aliphatic heterocycles. The molecule has 0 saturated carbocycles. The Hall–Kier alpha value is -0.240. The largest absolute Gasteiger partial charge is 0.374 e. The molecule has 0 radical (unpaired) electrons. The van der Waals surface area contributed by atoms with Crippen LogP contribution >= 0.6 is 11.6 Å². The molecule has 0 amide bonds. The van der Waals surface area contributed by atoms with Crippen LogP contribution in [0.15, 0.2) is 4.99 Å². The highest BCUT2D eigenvalue weighted by Gasteiger charge is 1.88. The van der Waals surface area contributed by atoms with E-state index in [1.165, 1.54) is 0 Å². The molecule has 0 aliphatic carbocycles. The van der Waals surface area contributed by atoms with Crippen LogP contribution in [-0.2, 0) is 0 Å². The average Bonchev–Trinajstić information content (AvgIpc) is 1.61. The molecule has 48 valence electrons. The van der Waals surface area contributed by atoms with Crippen molar-refractivity contribution >= 4 is 16.9 Å². The highest BCUT2D eigenvalue weighted by atomic mass is 35.5. The van der Waals surface area contributed by atoms with E-state index in [2.05, 4.69) is 18.8 Å². The first-order valence-corrected chi connectivity index (χ1v) is 2.96. The fourth-order valence-corrected chi connectivity index (χ4v) is 0.339. The quantitative estimate of drug-likeness (QED) is 0.344. The second kappa shape index (κ2) is 3.72. The SMILES string of the molecule is CC(C)CN=C(N)Cl. The van der Waals surface area contributed by atoms with E-state index < -0.39 is 0 Å². The number of hydrogen-bond acceptors (Lipinski definition) is 1. The second-order valence-corrected chi connectivity index (χ2v) is 2.44. The molecule has 0 atom stereocenters. The molecular weight excluding hydrogens is 124 g/mol. The van der Waals surface area contributed by atoms with Crippen molar-refractivity contribution in [1.29, 1.82) is 0 Å². The molecule has 0 aromatic heterocycles. The maximum Gasteiger partial charge on any atom is 0.188 e.